The van der Waals surface area contributed by atoms with E-state index in [-0.39, 0.29) is 29.0 Å². The molecule has 112 valence electrons. The smallest absolute Gasteiger partial charge is 0.260 e. The lowest BCUT2D eigenvalue weighted by molar-refractivity contribution is -0.125. The molecule has 1 aromatic rings. The number of hydrogen-bond donors (Lipinski definition) is 2. The number of hydrogen-bond acceptors (Lipinski definition) is 3. The molecule has 1 aromatic heterocycles. The number of fused-ring (bicyclic) bond motifs is 1. The molecule has 2 fully saturated rings. The topological polar surface area (TPSA) is 82.3 Å². The van der Waals surface area contributed by atoms with E-state index in [1.807, 2.05) is 0 Å². The van der Waals surface area contributed by atoms with Crippen LogP contribution in [0.5, 0.6) is 0 Å². The number of H-pyrrole nitrogens is 1. The summed E-state index contributed by atoms with van der Waals surface area (Å²) in [4.78, 5) is 40.2. The Kier molecular flexibility index (Phi) is 3.53. The zero-order chi connectivity index (χ0) is 15.0. The summed E-state index contributed by atoms with van der Waals surface area (Å²) in [5, 5.41) is 2.99. The molecule has 3 rings (SSSR count). The van der Waals surface area contributed by atoms with E-state index in [4.69, 9.17) is 0 Å². The number of carbonyl (C=O) groups excluding carboxylic acids is 2. The van der Waals surface area contributed by atoms with Gasteiger partial charge in [0.1, 0.15) is 5.56 Å². The van der Waals surface area contributed by atoms with Gasteiger partial charge in [0.15, 0.2) is 0 Å². The van der Waals surface area contributed by atoms with Gasteiger partial charge in [-0.3, -0.25) is 14.4 Å². The highest BCUT2D eigenvalue weighted by Gasteiger charge is 2.35. The van der Waals surface area contributed by atoms with E-state index in [1.165, 1.54) is 0 Å². The molecular weight excluding hydrogens is 270 g/mol. The number of carbonyl (C=O) groups is 2. The van der Waals surface area contributed by atoms with Crippen molar-refractivity contribution in [2.45, 2.75) is 32.2 Å². The zero-order valence-corrected chi connectivity index (χ0v) is 12.0. The van der Waals surface area contributed by atoms with Crippen molar-refractivity contribution in [2.24, 2.45) is 5.92 Å². The van der Waals surface area contributed by atoms with Crippen molar-refractivity contribution in [2.75, 3.05) is 13.1 Å². The maximum atomic E-state index is 12.5. The van der Waals surface area contributed by atoms with Crippen LogP contribution in [0.15, 0.2) is 16.9 Å². The molecule has 0 saturated carbocycles. The average Bonchev–Trinajstić information content (AvgIpc) is 2.46. The molecule has 0 radical (unpaired) electrons. The molecule has 21 heavy (non-hydrogen) atoms. The highest BCUT2D eigenvalue weighted by molar-refractivity contribution is 5.94. The molecule has 0 spiro atoms. The van der Waals surface area contributed by atoms with Gasteiger partial charge in [-0.15, -0.1) is 0 Å². The SMILES string of the molecule is Cc1ccc(C(=O)N2CCC3NC(=O)CCC3C2)c(=O)[nH]1. The minimum atomic E-state index is -0.334. The van der Waals surface area contributed by atoms with Crippen molar-refractivity contribution < 1.29 is 9.59 Å². The van der Waals surface area contributed by atoms with E-state index >= 15 is 0 Å². The van der Waals surface area contributed by atoms with Gasteiger partial charge in [-0.1, -0.05) is 0 Å². The van der Waals surface area contributed by atoms with Gasteiger partial charge in [-0.2, -0.15) is 0 Å². The first-order valence-corrected chi connectivity index (χ1v) is 7.33. The van der Waals surface area contributed by atoms with Crippen molar-refractivity contribution in [3.05, 3.63) is 33.7 Å². The maximum Gasteiger partial charge on any atom is 0.260 e. The van der Waals surface area contributed by atoms with Gasteiger partial charge in [-0.05, 0) is 37.8 Å². The van der Waals surface area contributed by atoms with Crippen LogP contribution in [0.25, 0.3) is 0 Å². The second kappa shape index (κ2) is 5.35. The Morgan fingerprint density at radius 1 is 1.29 bits per heavy atom. The van der Waals surface area contributed by atoms with Crippen LogP contribution in [-0.4, -0.2) is 40.8 Å². The van der Waals surface area contributed by atoms with E-state index in [1.54, 1.807) is 24.0 Å². The molecule has 0 aliphatic carbocycles. The van der Waals surface area contributed by atoms with E-state index in [9.17, 15) is 14.4 Å². The standard InChI is InChI=1S/C15H19N3O3/c1-9-2-4-11(14(20)16-9)15(21)18-7-6-12-10(8-18)3-5-13(19)17-12/h2,4,10,12H,3,5-8H2,1H3,(H,16,20)(H,17,19). The first-order chi connectivity index (χ1) is 10.0. The lowest BCUT2D eigenvalue weighted by Crippen LogP contribution is -2.55. The van der Waals surface area contributed by atoms with Gasteiger partial charge >= 0.3 is 0 Å². The number of piperidine rings is 2. The van der Waals surface area contributed by atoms with Gasteiger partial charge in [0.25, 0.3) is 11.5 Å². The van der Waals surface area contributed by atoms with Gasteiger partial charge in [0, 0.05) is 31.2 Å². The van der Waals surface area contributed by atoms with Crippen molar-refractivity contribution >= 4 is 11.8 Å². The number of nitrogens with one attached hydrogen (secondary N) is 2. The molecule has 2 atom stereocenters. The second-order valence-corrected chi connectivity index (χ2v) is 5.90. The third-order valence-corrected chi connectivity index (χ3v) is 4.40. The Labute approximate surface area is 122 Å². The first-order valence-electron chi connectivity index (χ1n) is 7.33. The molecule has 0 bridgehead atoms. The minimum Gasteiger partial charge on any atom is -0.353 e. The predicted molar refractivity (Wildman–Crippen MR) is 77.0 cm³/mol. The Balaban J connectivity index is 1.74. The summed E-state index contributed by atoms with van der Waals surface area (Å²) in [7, 11) is 0. The third-order valence-electron chi connectivity index (χ3n) is 4.40. The number of nitrogens with zero attached hydrogens (tertiary/aromatic N) is 1. The molecule has 2 N–H and O–H groups in total. The molecule has 2 amide bonds. The number of aromatic nitrogens is 1. The van der Waals surface area contributed by atoms with Crippen LogP contribution in [-0.2, 0) is 4.79 Å². The highest BCUT2D eigenvalue weighted by Crippen LogP contribution is 2.25. The van der Waals surface area contributed by atoms with Crippen LogP contribution in [0.3, 0.4) is 0 Å². The van der Waals surface area contributed by atoms with Crippen LogP contribution < -0.4 is 10.9 Å². The fourth-order valence-electron chi connectivity index (χ4n) is 3.21. The quantitative estimate of drug-likeness (QED) is 0.786. The molecule has 2 aliphatic heterocycles. The monoisotopic (exact) mass is 289 g/mol. The van der Waals surface area contributed by atoms with Crippen LogP contribution >= 0.6 is 0 Å². The number of likely N-dealkylation sites (tertiary alicyclic amines) is 1. The summed E-state index contributed by atoms with van der Waals surface area (Å²) in [6, 6.07) is 3.50. The van der Waals surface area contributed by atoms with Gasteiger partial charge < -0.3 is 15.2 Å². The molecule has 2 aliphatic rings. The summed E-state index contributed by atoms with van der Waals surface area (Å²) in [5.74, 6) is 0.183. The Bertz CT molecular complexity index is 637. The summed E-state index contributed by atoms with van der Waals surface area (Å²) in [6.07, 6.45) is 2.09. The lowest BCUT2D eigenvalue weighted by atomic mass is 9.85. The number of aromatic amines is 1. The molecular formula is C15H19N3O3. The number of aryl methyl sites for hydroxylation is 1. The predicted octanol–water partition coefficient (Wildman–Crippen LogP) is 0.424. The van der Waals surface area contributed by atoms with Crippen LogP contribution in [0.4, 0.5) is 0 Å². The fraction of sp³-hybridized carbons (Fsp3) is 0.533. The zero-order valence-electron chi connectivity index (χ0n) is 12.0. The Morgan fingerprint density at radius 2 is 2.10 bits per heavy atom. The van der Waals surface area contributed by atoms with Crippen molar-refractivity contribution in [1.82, 2.24) is 15.2 Å². The normalized spacial score (nSPS) is 25.2. The lowest BCUT2D eigenvalue weighted by Gasteiger charge is -2.41. The molecule has 6 heteroatoms. The van der Waals surface area contributed by atoms with E-state index in [2.05, 4.69) is 10.3 Å². The molecule has 0 aromatic carbocycles. The van der Waals surface area contributed by atoms with Crippen molar-refractivity contribution in [3.63, 3.8) is 0 Å². The van der Waals surface area contributed by atoms with Crippen molar-refractivity contribution in [3.8, 4) is 0 Å². The summed E-state index contributed by atoms with van der Waals surface area (Å²) < 4.78 is 0. The largest absolute Gasteiger partial charge is 0.353 e. The third kappa shape index (κ3) is 2.70. The maximum absolute atomic E-state index is 12.5. The number of rotatable bonds is 1. The van der Waals surface area contributed by atoms with E-state index < -0.39 is 0 Å². The first kappa shape index (κ1) is 13.9. The van der Waals surface area contributed by atoms with E-state index in [0.717, 1.165) is 18.5 Å². The van der Waals surface area contributed by atoms with Crippen LogP contribution in [0.2, 0.25) is 0 Å². The van der Waals surface area contributed by atoms with Gasteiger partial charge in [-0.25, -0.2) is 0 Å². The van der Waals surface area contributed by atoms with E-state index in [0.29, 0.717) is 25.4 Å². The molecule has 6 nitrogen and oxygen atoms in total. The molecule has 2 saturated heterocycles. The van der Waals surface area contributed by atoms with Gasteiger partial charge in [0.05, 0.1) is 0 Å². The molecule has 2 unspecified atom stereocenters. The Hall–Kier alpha value is -2.11. The Morgan fingerprint density at radius 3 is 2.86 bits per heavy atom. The van der Waals surface area contributed by atoms with Crippen LogP contribution in [0.1, 0.15) is 35.3 Å². The summed E-state index contributed by atoms with van der Waals surface area (Å²) in [6.45, 7) is 2.97. The highest BCUT2D eigenvalue weighted by atomic mass is 16.2. The summed E-state index contributed by atoms with van der Waals surface area (Å²) in [5.41, 5.74) is 0.600. The number of pyridine rings is 1. The van der Waals surface area contributed by atoms with Crippen molar-refractivity contribution in [1.29, 1.82) is 0 Å². The summed E-state index contributed by atoms with van der Waals surface area (Å²) >= 11 is 0. The second-order valence-electron chi connectivity index (χ2n) is 5.90. The number of amides is 2. The van der Waals surface area contributed by atoms with Crippen LogP contribution in [0, 0.1) is 12.8 Å². The van der Waals surface area contributed by atoms with Gasteiger partial charge in [0.2, 0.25) is 5.91 Å². The average molecular weight is 289 g/mol. The fourth-order valence-corrected chi connectivity index (χ4v) is 3.21. The minimum absolute atomic E-state index is 0.103. The molecule has 3 heterocycles.